The van der Waals surface area contributed by atoms with Crippen LogP contribution in [-0.2, 0) is 9.53 Å². The highest BCUT2D eigenvalue weighted by atomic mass is 16.6. The second-order valence-corrected chi connectivity index (χ2v) is 9.03. The molecule has 1 N–H and O–H groups in total. The Morgan fingerprint density at radius 1 is 0.758 bits per heavy atom. The minimum Gasteiger partial charge on any atom is -0.479 e. The Bertz CT molecular complexity index is 638. The van der Waals surface area contributed by atoms with Crippen molar-refractivity contribution in [2.24, 2.45) is 0 Å². The summed E-state index contributed by atoms with van der Waals surface area (Å²) in [6, 6.07) is 8.54. The molecular formula is C29H46O4. The molecule has 0 heterocycles. The fourth-order valence-electron chi connectivity index (χ4n) is 3.94. The third-order valence-electron chi connectivity index (χ3n) is 6.01. The van der Waals surface area contributed by atoms with Crippen LogP contribution in [0.3, 0.4) is 0 Å². The lowest BCUT2D eigenvalue weighted by Gasteiger charge is -2.13. The maximum atomic E-state index is 12.1. The number of carboxylic acids is 1. The van der Waals surface area contributed by atoms with Gasteiger partial charge in [0.15, 0.2) is 6.10 Å². The van der Waals surface area contributed by atoms with E-state index < -0.39 is 18.0 Å². The normalized spacial score (nSPS) is 12.2. The molecule has 1 aromatic rings. The van der Waals surface area contributed by atoms with Crippen molar-refractivity contribution in [2.45, 2.75) is 122 Å². The summed E-state index contributed by atoms with van der Waals surface area (Å²) in [6.07, 6.45) is 23.8. The lowest BCUT2D eigenvalue weighted by Crippen LogP contribution is -2.27. The zero-order valence-corrected chi connectivity index (χ0v) is 20.8. The molecule has 0 fully saturated rings. The molecule has 33 heavy (non-hydrogen) atoms. The molecule has 1 rings (SSSR count). The monoisotopic (exact) mass is 458 g/mol. The number of carbonyl (C=O) groups is 2. The predicted molar refractivity (Wildman–Crippen MR) is 137 cm³/mol. The Hall–Kier alpha value is -2.10. The van der Waals surface area contributed by atoms with E-state index in [0.29, 0.717) is 12.0 Å². The first-order valence-electron chi connectivity index (χ1n) is 13.3. The van der Waals surface area contributed by atoms with Crippen molar-refractivity contribution in [3.05, 3.63) is 48.0 Å². The summed E-state index contributed by atoms with van der Waals surface area (Å²) >= 11 is 0. The number of carboxylic acid groups (broad SMARTS) is 1. The first-order chi connectivity index (χ1) is 16.1. The molecule has 0 aromatic heterocycles. The second kappa shape index (κ2) is 20.5. The van der Waals surface area contributed by atoms with E-state index in [9.17, 15) is 14.7 Å². The molecule has 1 aromatic carbocycles. The SMILES string of the molecule is CCCCCCCC/C=C\CCCCCCCCCCC(OC(=O)c1ccccc1)C(=O)O. The highest BCUT2D eigenvalue weighted by Crippen LogP contribution is 2.14. The summed E-state index contributed by atoms with van der Waals surface area (Å²) in [5.41, 5.74) is 0.386. The van der Waals surface area contributed by atoms with E-state index in [2.05, 4.69) is 19.1 Å². The quantitative estimate of drug-likeness (QED) is 0.114. The minimum atomic E-state index is -1.07. The third kappa shape index (κ3) is 16.2. The van der Waals surface area contributed by atoms with E-state index in [-0.39, 0.29) is 0 Å². The Labute approximate surface area is 201 Å². The van der Waals surface area contributed by atoms with Gasteiger partial charge in [0.2, 0.25) is 0 Å². The molecule has 4 nitrogen and oxygen atoms in total. The molecular weight excluding hydrogens is 412 g/mol. The first-order valence-corrected chi connectivity index (χ1v) is 13.3. The van der Waals surface area contributed by atoms with Crippen LogP contribution in [0.25, 0.3) is 0 Å². The van der Waals surface area contributed by atoms with Gasteiger partial charge in [0.05, 0.1) is 5.56 Å². The van der Waals surface area contributed by atoms with Gasteiger partial charge in [0, 0.05) is 0 Å². The van der Waals surface area contributed by atoms with Crippen LogP contribution in [0.2, 0.25) is 0 Å². The average Bonchev–Trinajstić information content (AvgIpc) is 2.82. The van der Waals surface area contributed by atoms with Gasteiger partial charge in [-0.3, -0.25) is 0 Å². The molecule has 0 bridgehead atoms. The van der Waals surface area contributed by atoms with Crippen LogP contribution in [-0.4, -0.2) is 23.1 Å². The van der Waals surface area contributed by atoms with Crippen molar-refractivity contribution >= 4 is 11.9 Å². The summed E-state index contributed by atoms with van der Waals surface area (Å²) in [5.74, 6) is -1.64. The Kier molecular flexibility index (Phi) is 18.0. The summed E-state index contributed by atoms with van der Waals surface area (Å²) in [6.45, 7) is 2.26. The van der Waals surface area contributed by atoms with Gasteiger partial charge in [0.1, 0.15) is 0 Å². The highest BCUT2D eigenvalue weighted by molar-refractivity contribution is 5.91. The number of hydrogen-bond acceptors (Lipinski definition) is 3. The molecule has 0 saturated heterocycles. The number of carbonyl (C=O) groups excluding carboxylic acids is 1. The standard InChI is InChI=1S/C29H46O4/c1-2-3-4-5-6-7-8-9-10-11-12-13-14-15-16-17-18-22-25-27(28(30)31)33-29(32)26-23-20-19-21-24-26/h9-10,19-21,23-24,27H,2-8,11-18,22,25H2,1H3,(H,30,31)/b10-9-. The van der Waals surface area contributed by atoms with E-state index in [1.807, 2.05) is 0 Å². The largest absolute Gasteiger partial charge is 0.479 e. The van der Waals surface area contributed by atoms with Crippen LogP contribution >= 0.6 is 0 Å². The number of aliphatic carboxylic acids is 1. The predicted octanol–water partition coefficient (Wildman–Crippen LogP) is 8.50. The Morgan fingerprint density at radius 2 is 1.24 bits per heavy atom. The van der Waals surface area contributed by atoms with Crippen molar-refractivity contribution in [2.75, 3.05) is 0 Å². The second-order valence-electron chi connectivity index (χ2n) is 9.03. The molecule has 0 saturated carbocycles. The number of esters is 1. The van der Waals surface area contributed by atoms with Gasteiger partial charge in [-0.2, -0.15) is 0 Å². The van der Waals surface area contributed by atoms with Gasteiger partial charge in [-0.15, -0.1) is 0 Å². The number of hydrogen-bond donors (Lipinski definition) is 1. The van der Waals surface area contributed by atoms with Gasteiger partial charge in [-0.1, -0.05) is 108 Å². The molecule has 4 heteroatoms. The zero-order chi connectivity index (χ0) is 24.0. The molecule has 0 amide bonds. The molecule has 0 radical (unpaired) electrons. The lowest BCUT2D eigenvalue weighted by atomic mass is 10.0. The number of allylic oxidation sites excluding steroid dienone is 2. The van der Waals surface area contributed by atoms with Crippen molar-refractivity contribution in [1.82, 2.24) is 0 Å². The van der Waals surface area contributed by atoms with Gasteiger partial charge in [0.25, 0.3) is 0 Å². The van der Waals surface area contributed by atoms with Crippen LogP contribution in [0.1, 0.15) is 126 Å². The van der Waals surface area contributed by atoms with Crippen LogP contribution in [0, 0.1) is 0 Å². The first kappa shape index (κ1) is 28.9. The molecule has 1 unspecified atom stereocenters. The lowest BCUT2D eigenvalue weighted by molar-refractivity contribution is -0.147. The number of ether oxygens (including phenoxy) is 1. The molecule has 186 valence electrons. The van der Waals surface area contributed by atoms with Crippen molar-refractivity contribution in [3.63, 3.8) is 0 Å². The van der Waals surface area contributed by atoms with Gasteiger partial charge < -0.3 is 9.84 Å². The van der Waals surface area contributed by atoms with E-state index in [4.69, 9.17) is 4.74 Å². The fourth-order valence-corrected chi connectivity index (χ4v) is 3.94. The molecule has 0 aliphatic carbocycles. The van der Waals surface area contributed by atoms with Gasteiger partial charge >= 0.3 is 11.9 Å². The van der Waals surface area contributed by atoms with Crippen molar-refractivity contribution in [3.8, 4) is 0 Å². The van der Waals surface area contributed by atoms with Gasteiger partial charge in [-0.25, -0.2) is 9.59 Å². The summed E-state index contributed by atoms with van der Waals surface area (Å²) < 4.78 is 5.19. The molecule has 0 spiro atoms. The topological polar surface area (TPSA) is 63.6 Å². The Balaban J connectivity index is 1.94. The third-order valence-corrected chi connectivity index (χ3v) is 6.01. The van der Waals surface area contributed by atoms with Crippen molar-refractivity contribution in [1.29, 1.82) is 0 Å². The maximum Gasteiger partial charge on any atom is 0.345 e. The van der Waals surface area contributed by atoms with E-state index >= 15 is 0 Å². The summed E-state index contributed by atoms with van der Waals surface area (Å²) in [5, 5.41) is 9.33. The van der Waals surface area contributed by atoms with Crippen molar-refractivity contribution < 1.29 is 19.4 Å². The zero-order valence-electron chi connectivity index (χ0n) is 20.8. The smallest absolute Gasteiger partial charge is 0.345 e. The maximum absolute atomic E-state index is 12.1. The summed E-state index contributed by atoms with van der Waals surface area (Å²) in [4.78, 5) is 23.5. The number of unbranched alkanes of at least 4 members (excludes halogenated alkanes) is 14. The number of rotatable bonds is 21. The van der Waals surface area contributed by atoms with Crippen LogP contribution in [0.4, 0.5) is 0 Å². The molecule has 0 aliphatic heterocycles. The van der Waals surface area contributed by atoms with Crippen LogP contribution in [0.5, 0.6) is 0 Å². The van der Waals surface area contributed by atoms with E-state index in [1.165, 1.54) is 83.5 Å². The number of benzene rings is 1. The highest BCUT2D eigenvalue weighted by Gasteiger charge is 2.22. The Morgan fingerprint density at radius 3 is 1.76 bits per heavy atom. The van der Waals surface area contributed by atoms with Crippen LogP contribution in [0.15, 0.2) is 42.5 Å². The minimum absolute atomic E-state index is 0.374. The molecule has 0 aliphatic rings. The average molecular weight is 459 g/mol. The van der Waals surface area contributed by atoms with E-state index in [0.717, 1.165) is 19.3 Å². The van der Waals surface area contributed by atoms with Crippen LogP contribution < -0.4 is 0 Å². The van der Waals surface area contributed by atoms with Gasteiger partial charge in [-0.05, 0) is 50.7 Å². The fraction of sp³-hybridized carbons (Fsp3) is 0.655. The molecule has 1 atom stereocenters. The summed E-state index contributed by atoms with van der Waals surface area (Å²) in [7, 11) is 0. The van der Waals surface area contributed by atoms with E-state index in [1.54, 1.807) is 30.3 Å².